The quantitative estimate of drug-likeness (QED) is 0.151. The Morgan fingerprint density at radius 2 is 1.60 bits per heavy atom. The van der Waals surface area contributed by atoms with Crippen molar-refractivity contribution in [2.24, 2.45) is 0 Å². The van der Waals surface area contributed by atoms with Crippen molar-refractivity contribution in [1.82, 2.24) is 25.1 Å². The second kappa shape index (κ2) is 16.0. The van der Waals surface area contributed by atoms with Gasteiger partial charge in [0, 0.05) is 40.9 Å². The Hall–Kier alpha value is -5.01. The minimum Gasteiger partial charge on any atom is -0.481 e. The zero-order valence-electron chi connectivity index (χ0n) is 30.3. The van der Waals surface area contributed by atoms with E-state index in [4.69, 9.17) is 9.72 Å². The van der Waals surface area contributed by atoms with E-state index in [1.807, 2.05) is 0 Å². The number of hydrogen-bond donors (Lipinski definition) is 1. The van der Waals surface area contributed by atoms with Gasteiger partial charge in [-0.05, 0) is 99.4 Å². The van der Waals surface area contributed by atoms with Gasteiger partial charge in [0.05, 0.1) is 29.4 Å². The first-order chi connectivity index (χ1) is 26.4. The highest BCUT2D eigenvalue weighted by Crippen LogP contribution is 2.39. The highest BCUT2D eigenvalue weighted by molar-refractivity contribution is 6.10. The summed E-state index contributed by atoms with van der Waals surface area (Å²) in [6, 6.07) is 18.2. The number of hydrogen-bond acceptors (Lipinski definition) is 6. The van der Waals surface area contributed by atoms with E-state index < -0.39 is 29.9 Å². The number of likely N-dealkylation sites (tertiary alicyclic amines) is 2. The molecule has 0 unspecified atom stereocenters. The van der Waals surface area contributed by atoms with E-state index in [0.717, 1.165) is 50.9 Å². The standard InChI is InChI=1S/C42H41F6N5O2/c1-55-40-32(14-9-19-49-40)28-15-16-35-33(25-28)36(39(54)51-38(42(46,47)48)27-10-4-2-5-11-27)34(37(50-35)29-12-8-13-30(24-29)41(43,44)45)26-52-22-17-31(18-23-52)53-20-6-3-7-21-53/h2,4-5,8-16,19,24-25,31,38H,3,6-7,17-18,20-23,26H2,1H3,(H,51,54)/t38-/m1/s1. The number of rotatable bonds is 9. The minimum absolute atomic E-state index is 0.0758. The SMILES string of the molecule is COc1ncccc1-c1ccc2nc(-c3cccc(C(F)(F)F)c3)c(CN3CCC(N4CCCCC4)CC3)c(C(=O)N[C@H](c3ccccc3)C(F)(F)F)c2c1. The molecule has 4 heterocycles. The van der Waals surface area contributed by atoms with Gasteiger partial charge < -0.3 is 15.0 Å². The summed E-state index contributed by atoms with van der Waals surface area (Å²) >= 11 is 0. The van der Waals surface area contributed by atoms with Crippen LogP contribution in [0, 0.1) is 0 Å². The molecule has 7 nitrogen and oxygen atoms in total. The topological polar surface area (TPSA) is 70.6 Å². The molecule has 0 aliphatic carbocycles. The van der Waals surface area contributed by atoms with Crippen molar-refractivity contribution >= 4 is 16.8 Å². The third-order valence-electron chi connectivity index (χ3n) is 10.6. The summed E-state index contributed by atoms with van der Waals surface area (Å²) in [4.78, 5) is 28.5. The maximum Gasteiger partial charge on any atom is 0.416 e. The molecule has 0 radical (unpaired) electrons. The highest BCUT2D eigenvalue weighted by Gasteiger charge is 2.43. The van der Waals surface area contributed by atoms with E-state index in [-0.39, 0.29) is 45.4 Å². The molecule has 0 spiro atoms. The Morgan fingerprint density at radius 1 is 0.855 bits per heavy atom. The number of carbonyl (C=O) groups is 1. The van der Waals surface area contributed by atoms with Crippen molar-refractivity contribution in [3.63, 3.8) is 0 Å². The summed E-state index contributed by atoms with van der Waals surface area (Å²) in [7, 11) is 1.46. The second-order valence-electron chi connectivity index (χ2n) is 14.1. The van der Waals surface area contributed by atoms with Crippen LogP contribution in [-0.2, 0) is 12.7 Å². The van der Waals surface area contributed by atoms with Crippen LogP contribution in [0.15, 0.2) is 91.1 Å². The molecule has 1 atom stereocenters. The number of alkyl halides is 6. The fraction of sp³-hybridized carbons (Fsp3) is 0.357. The lowest BCUT2D eigenvalue weighted by Gasteiger charge is -2.40. The van der Waals surface area contributed by atoms with Gasteiger partial charge >= 0.3 is 12.4 Å². The number of halogens is 6. The Morgan fingerprint density at radius 3 is 2.29 bits per heavy atom. The van der Waals surface area contributed by atoms with Crippen LogP contribution < -0.4 is 10.1 Å². The number of methoxy groups -OCH3 is 1. The fourth-order valence-corrected chi connectivity index (χ4v) is 7.89. The zero-order chi connectivity index (χ0) is 38.7. The Balaban J connectivity index is 1.41. The third kappa shape index (κ3) is 8.47. The normalized spacial score (nSPS) is 16.9. The lowest BCUT2D eigenvalue weighted by atomic mass is 9.92. The summed E-state index contributed by atoms with van der Waals surface area (Å²) in [5.41, 5.74) is 0.612. The van der Waals surface area contributed by atoms with E-state index in [2.05, 4.69) is 20.1 Å². The van der Waals surface area contributed by atoms with E-state index in [1.54, 1.807) is 42.6 Å². The maximum absolute atomic E-state index is 14.8. The van der Waals surface area contributed by atoms with Gasteiger partial charge in [-0.15, -0.1) is 0 Å². The van der Waals surface area contributed by atoms with Gasteiger partial charge in [-0.2, -0.15) is 26.3 Å². The molecule has 13 heteroatoms. The molecule has 0 bridgehead atoms. The number of nitrogens with zero attached hydrogens (tertiary/aromatic N) is 4. The molecular formula is C42H41F6N5O2. The molecule has 7 rings (SSSR count). The Bertz CT molecular complexity index is 2130. The molecule has 55 heavy (non-hydrogen) atoms. The Kier molecular flexibility index (Phi) is 11.1. The van der Waals surface area contributed by atoms with Crippen molar-refractivity contribution in [3.8, 4) is 28.3 Å². The van der Waals surface area contributed by atoms with Gasteiger partial charge in [0.2, 0.25) is 5.88 Å². The number of piperidine rings is 2. The maximum atomic E-state index is 14.8. The number of benzene rings is 3. The fourth-order valence-electron chi connectivity index (χ4n) is 7.89. The van der Waals surface area contributed by atoms with Crippen LogP contribution in [0.4, 0.5) is 26.3 Å². The van der Waals surface area contributed by atoms with Crippen LogP contribution in [0.3, 0.4) is 0 Å². The molecule has 0 saturated carbocycles. The molecule has 2 fully saturated rings. The van der Waals surface area contributed by atoms with Crippen LogP contribution in [-0.4, -0.2) is 71.2 Å². The van der Waals surface area contributed by atoms with Gasteiger partial charge in [-0.3, -0.25) is 9.69 Å². The molecule has 3 aromatic carbocycles. The van der Waals surface area contributed by atoms with Gasteiger partial charge in [0.15, 0.2) is 6.04 Å². The van der Waals surface area contributed by atoms with Crippen molar-refractivity contribution in [1.29, 1.82) is 0 Å². The minimum atomic E-state index is -4.87. The molecule has 5 aromatic rings. The molecule has 2 saturated heterocycles. The number of carbonyl (C=O) groups excluding carboxylic acids is 1. The van der Waals surface area contributed by atoms with E-state index in [0.29, 0.717) is 36.1 Å². The van der Waals surface area contributed by atoms with Crippen molar-refractivity contribution in [2.45, 2.75) is 63.1 Å². The number of nitrogens with one attached hydrogen (secondary N) is 1. The molecule has 288 valence electrons. The van der Waals surface area contributed by atoms with Crippen LogP contribution in [0.25, 0.3) is 33.3 Å². The molecule has 1 N–H and O–H groups in total. The highest BCUT2D eigenvalue weighted by atomic mass is 19.4. The van der Waals surface area contributed by atoms with Crippen molar-refractivity contribution < 1.29 is 35.9 Å². The summed E-state index contributed by atoms with van der Waals surface area (Å²) < 4.78 is 92.0. The summed E-state index contributed by atoms with van der Waals surface area (Å²) in [6.45, 7) is 3.41. The van der Waals surface area contributed by atoms with Gasteiger partial charge in [-0.1, -0.05) is 55.0 Å². The van der Waals surface area contributed by atoms with Crippen molar-refractivity contribution in [3.05, 3.63) is 113 Å². The molecule has 2 aliphatic rings. The predicted octanol–water partition coefficient (Wildman–Crippen LogP) is 9.47. The number of amides is 1. The van der Waals surface area contributed by atoms with E-state index in [1.165, 1.54) is 49.9 Å². The average molecular weight is 762 g/mol. The summed E-state index contributed by atoms with van der Waals surface area (Å²) in [5.74, 6) is -0.736. The third-order valence-corrected chi connectivity index (χ3v) is 10.6. The first-order valence-corrected chi connectivity index (χ1v) is 18.4. The van der Waals surface area contributed by atoms with Crippen LogP contribution in [0.5, 0.6) is 5.88 Å². The van der Waals surface area contributed by atoms with E-state index >= 15 is 0 Å². The van der Waals surface area contributed by atoms with Gasteiger partial charge in [0.1, 0.15) is 0 Å². The average Bonchev–Trinajstić information content (AvgIpc) is 3.19. The molecule has 2 aromatic heterocycles. The molecule has 1 amide bonds. The lowest BCUT2D eigenvalue weighted by molar-refractivity contribution is -0.155. The number of pyridine rings is 2. The monoisotopic (exact) mass is 761 g/mol. The number of aromatic nitrogens is 2. The van der Waals surface area contributed by atoms with Crippen LogP contribution in [0.1, 0.15) is 65.2 Å². The number of ether oxygens (including phenoxy) is 1. The second-order valence-corrected chi connectivity index (χ2v) is 14.1. The lowest BCUT2D eigenvalue weighted by Crippen LogP contribution is -2.46. The van der Waals surface area contributed by atoms with Gasteiger partial charge in [0.25, 0.3) is 5.91 Å². The van der Waals surface area contributed by atoms with Crippen LogP contribution in [0.2, 0.25) is 0 Å². The van der Waals surface area contributed by atoms with E-state index in [9.17, 15) is 31.1 Å². The first kappa shape index (κ1) is 38.3. The van der Waals surface area contributed by atoms with Crippen LogP contribution >= 0.6 is 0 Å². The summed E-state index contributed by atoms with van der Waals surface area (Å²) in [6.07, 6.45) is -2.79. The smallest absolute Gasteiger partial charge is 0.416 e. The Labute approximate surface area is 315 Å². The zero-order valence-corrected chi connectivity index (χ0v) is 30.3. The first-order valence-electron chi connectivity index (χ1n) is 18.4. The largest absolute Gasteiger partial charge is 0.481 e. The predicted molar refractivity (Wildman–Crippen MR) is 198 cm³/mol. The number of fused-ring (bicyclic) bond motifs is 1. The van der Waals surface area contributed by atoms with Gasteiger partial charge in [-0.25, -0.2) is 9.97 Å². The summed E-state index contributed by atoms with van der Waals surface area (Å²) in [5, 5.41) is 2.51. The molecule has 2 aliphatic heterocycles. The van der Waals surface area contributed by atoms with Crippen molar-refractivity contribution in [2.75, 3.05) is 33.3 Å². The molecular weight excluding hydrogens is 720 g/mol.